The second kappa shape index (κ2) is 14.2. The Labute approximate surface area is 273 Å². The molecule has 0 saturated heterocycles. The molecular weight excluding hydrogens is 555 g/mol. The average molecular weight is 592 g/mol. The van der Waals surface area contributed by atoms with Crippen molar-refractivity contribution < 1.29 is 0 Å². The SMILES string of the molecule is C=Cc1cccccc(C)cc(/C=C\c2ccc(N(c3cccc(-c4ccccc4)c3)c3cccc4ccccc34)cc2)c1C=C. The number of aryl methyl sites for hydroxylation is 1. The molecule has 1 heteroatoms. The average Bonchev–Trinajstić information content (AvgIpc) is 3.11. The fraction of sp³-hybridized carbons (Fsp3) is 0.0222. The lowest BCUT2D eigenvalue weighted by Gasteiger charge is -2.27. The third-order valence-electron chi connectivity index (χ3n) is 8.11. The Morgan fingerprint density at radius 2 is 1.17 bits per heavy atom. The van der Waals surface area contributed by atoms with Crippen LogP contribution in [0, 0.1) is 6.92 Å². The van der Waals surface area contributed by atoms with Crippen molar-refractivity contribution in [1.29, 1.82) is 0 Å². The van der Waals surface area contributed by atoms with Crippen LogP contribution in [0.25, 0.3) is 46.2 Å². The molecule has 46 heavy (non-hydrogen) atoms. The minimum atomic E-state index is 1.03. The molecule has 0 atom stereocenters. The second-order valence-corrected chi connectivity index (χ2v) is 11.2. The lowest BCUT2D eigenvalue weighted by atomic mass is 10.0. The minimum absolute atomic E-state index is 1.03. The van der Waals surface area contributed by atoms with Crippen molar-refractivity contribution >= 4 is 52.1 Å². The Bertz CT molecular complexity index is 2080. The summed E-state index contributed by atoms with van der Waals surface area (Å²) in [5.74, 6) is 0. The summed E-state index contributed by atoms with van der Waals surface area (Å²) in [6.45, 7) is 10.3. The fourth-order valence-electron chi connectivity index (χ4n) is 5.82. The second-order valence-electron chi connectivity index (χ2n) is 11.2. The number of rotatable bonds is 8. The maximum absolute atomic E-state index is 4.12. The molecule has 0 unspecified atom stereocenters. The minimum Gasteiger partial charge on any atom is -0.310 e. The van der Waals surface area contributed by atoms with E-state index in [1.54, 1.807) is 0 Å². The van der Waals surface area contributed by atoms with Crippen LogP contribution in [0.5, 0.6) is 0 Å². The fourth-order valence-corrected chi connectivity index (χ4v) is 5.82. The number of anilines is 3. The Balaban J connectivity index is 1.44. The molecule has 6 aromatic rings. The van der Waals surface area contributed by atoms with Gasteiger partial charge in [0.05, 0.1) is 5.69 Å². The van der Waals surface area contributed by atoms with E-state index in [1.807, 2.05) is 24.3 Å². The maximum Gasteiger partial charge on any atom is 0.0540 e. The van der Waals surface area contributed by atoms with Gasteiger partial charge < -0.3 is 4.90 Å². The van der Waals surface area contributed by atoms with E-state index in [-0.39, 0.29) is 0 Å². The summed E-state index contributed by atoms with van der Waals surface area (Å²) in [5.41, 5.74) is 11.1. The first kappa shape index (κ1) is 30.1. The quantitative estimate of drug-likeness (QED) is 0.170. The number of fused-ring (bicyclic) bond motifs is 1. The van der Waals surface area contributed by atoms with Crippen LogP contribution in [0.15, 0.2) is 171 Å². The predicted octanol–water partition coefficient (Wildman–Crippen LogP) is 12.9. The molecule has 0 radical (unpaired) electrons. The molecule has 0 aliphatic rings. The number of benzene rings is 5. The molecule has 6 aromatic carbocycles. The molecule has 0 spiro atoms. The van der Waals surface area contributed by atoms with E-state index in [9.17, 15) is 0 Å². The van der Waals surface area contributed by atoms with Gasteiger partial charge in [-0.2, -0.15) is 0 Å². The van der Waals surface area contributed by atoms with Crippen molar-refractivity contribution in [2.45, 2.75) is 6.92 Å². The summed E-state index contributed by atoms with van der Waals surface area (Å²) >= 11 is 0. The molecule has 222 valence electrons. The third-order valence-corrected chi connectivity index (χ3v) is 8.11. The van der Waals surface area contributed by atoms with E-state index < -0.39 is 0 Å². The highest BCUT2D eigenvalue weighted by atomic mass is 15.1. The van der Waals surface area contributed by atoms with Gasteiger partial charge in [0.1, 0.15) is 0 Å². The molecule has 0 bridgehead atoms. The molecule has 6 rings (SSSR count). The molecular formula is C45H37N. The standard InChI is InChI=1S/C45H37N/c1-4-36-17-9-6-8-16-34(3)32-40(43(36)5-2)29-26-35-27-30-41(31-28-35)46(45-25-15-21-38-20-12-13-24-44(38)45)42-23-14-22-39(33-42)37-18-10-7-11-19-37/h4-33H,1-2H2,3H3/b8-6?,9-6?,16-8?,17-9?,29-26-,34-16?,34-32?,36-17?,40-32?,43-36?,43-40?. The first-order valence-corrected chi connectivity index (χ1v) is 15.6. The topological polar surface area (TPSA) is 3.24 Å². The molecule has 0 fully saturated rings. The van der Waals surface area contributed by atoms with E-state index in [4.69, 9.17) is 0 Å². The number of hydrogen-bond acceptors (Lipinski definition) is 1. The molecule has 0 aliphatic heterocycles. The summed E-state index contributed by atoms with van der Waals surface area (Å²) in [6, 6.07) is 55.7. The maximum atomic E-state index is 4.12. The molecule has 0 aromatic heterocycles. The summed E-state index contributed by atoms with van der Waals surface area (Å²) < 4.78 is 0. The Hall–Kier alpha value is -5.92. The van der Waals surface area contributed by atoms with Crippen LogP contribution in [-0.2, 0) is 0 Å². The van der Waals surface area contributed by atoms with Crippen LogP contribution in [0.4, 0.5) is 17.1 Å². The molecule has 0 N–H and O–H groups in total. The monoisotopic (exact) mass is 591 g/mol. The zero-order valence-electron chi connectivity index (χ0n) is 26.2. The molecule has 1 nitrogen and oxygen atoms in total. The predicted molar refractivity (Wildman–Crippen MR) is 202 cm³/mol. The van der Waals surface area contributed by atoms with Gasteiger partial charge >= 0.3 is 0 Å². The van der Waals surface area contributed by atoms with Crippen molar-refractivity contribution in [3.63, 3.8) is 0 Å². The smallest absolute Gasteiger partial charge is 0.0540 e. The molecule has 0 aliphatic carbocycles. The van der Waals surface area contributed by atoms with Gasteiger partial charge in [0.25, 0.3) is 0 Å². The van der Waals surface area contributed by atoms with Crippen LogP contribution in [-0.4, -0.2) is 0 Å². The number of hydrogen-bond donors (Lipinski definition) is 0. The molecule has 0 amide bonds. The van der Waals surface area contributed by atoms with Crippen molar-refractivity contribution in [2.24, 2.45) is 0 Å². The van der Waals surface area contributed by atoms with E-state index in [0.29, 0.717) is 0 Å². The zero-order chi connectivity index (χ0) is 31.7. The van der Waals surface area contributed by atoms with Gasteiger partial charge in [-0.05, 0) is 76.0 Å². The first-order chi connectivity index (χ1) is 22.6. The first-order valence-electron chi connectivity index (χ1n) is 15.6. The van der Waals surface area contributed by atoms with Crippen LogP contribution >= 0.6 is 0 Å². The molecule has 0 saturated carbocycles. The van der Waals surface area contributed by atoms with Gasteiger partial charge in [-0.25, -0.2) is 0 Å². The van der Waals surface area contributed by atoms with Crippen LogP contribution in [0.1, 0.15) is 27.8 Å². The van der Waals surface area contributed by atoms with Gasteiger partial charge in [-0.15, -0.1) is 0 Å². The van der Waals surface area contributed by atoms with Gasteiger partial charge in [-0.1, -0.05) is 170 Å². The van der Waals surface area contributed by atoms with E-state index >= 15 is 0 Å². The van der Waals surface area contributed by atoms with Gasteiger partial charge in [-0.3, -0.25) is 0 Å². The van der Waals surface area contributed by atoms with E-state index in [0.717, 1.165) is 44.9 Å². The van der Waals surface area contributed by atoms with Gasteiger partial charge in [0, 0.05) is 16.8 Å². The summed E-state index contributed by atoms with van der Waals surface area (Å²) in [7, 11) is 0. The highest BCUT2D eigenvalue weighted by Crippen LogP contribution is 2.40. The van der Waals surface area contributed by atoms with Crippen molar-refractivity contribution in [3.05, 3.63) is 199 Å². The van der Waals surface area contributed by atoms with E-state index in [1.165, 1.54) is 21.9 Å². The normalized spacial score (nSPS) is 10.8. The molecule has 0 heterocycles. The summed E-state index contributed by atoms with van der Waals surface area (Å²) in [5, 5.41) is 2.42. The highest BCUT2D eigenvalue weighted by Gasteiger charge is 2.16. The van der Waals surface area contributed by atoms with Crippen LogP contribution < -0.4 is 4.90 Å². The van der Waals surface area contributed by atoms with Gasteiger partial charge in [0.15, 0.2) is 0 Å². The Kier molecular flexibility index (Phi) is 9.33. The van der Waals surface area contributed by atoms with Crippen molar-refractivity contribution in [3.8, 4) is 11.1 Å². The number of nitrogens with zero attached hydrogens (tertiary/aromatic N) is 1. The lowest BCUT2D eigenvalue weighted by molar-refractivity contribution is 1.30. The van der Waals surface area contributed by atoms with Crippen molar-refractivity contribution in [2.75, 3.05) is 4.90 Å². The highest BCUT2D eigenvalue weighted by molar-refractivity contribution is 5.99. The zero-order valence-corrected chi connectivity index (χ0v) is 26.2. The van der Waals surface area contributed by atoms with E-state index in [2.05, 4.69) is 183 Å². The summed E-state index contributed by atoms with van der Waals surface area (Å²) in [4.78, 5) is 2.36. The summed E-state index contributed by atoms with van der Waals surface area (Å²) in [6.07, 6.45) is 8.12. The van der Waals surface area contributed by atoms with Crippen LogP contribution in [0.3, 0.4) is 0 Å². The largest absolute Gasteiger partial charge is 0.310 e. The Morgan fingerprint density at radius 3 is 1.96 bits per heavy atom. The van der Waals surface area contributed by atoms with Gasteiger partial charge in [0.2, 0.25) is 0 Å². The van der Waals surface area contributed by atoms with Crippen molar-refractivity contribution in [1.82, 2.24) is 0 Å². The van der Waals surface area contributed by atoms with Crippen LogP contribution in [0.2, 0.25) is 0 Å². The Morgan fingerprint density at radius 1 is 0.500 bits per heavy atom. The lowest BCUT2D eigenvalue weighted by Crippen LogP contribution is -2.10. The third kappa shape index (κ3) is 6.75.